The van der Waals surface area contributed by atoms with E-state index in [-0.39, 0.29) is 35.2 Å². The van der Waals surface area contributed by atoms with Gasteiger partial charge in [-0.25, -0.2) is 13.4 Å². The summed E-state index contributed by atoms with van der Waals surface area (Å²) in [5.74, 6) is -0.967. The molecular formula is C27H30N2O6S. The third-order valence-electron chi connectivity index (χ3n) is 7.39. The van der Waals surface area contributed by atoms with Gasteiger partial charge in [0, 0.05) is 19.0 Å². The minimum atomic E-state index is -3.35. The first-order valence-corrected chi connectivity index (χ1v) is 14.1. The van der Waals surface area contributed by atoms with Crippen molar-refractivity contribution in [1.29, 1.82) is 0 Å². The highest BCUT2D eigenvalue weighted by Gasteiger charge is 2.41. The lowest BCUT2D eigenvalue weighted by Crippen LogP contribution is -2.24. The average Bonchev–Trinajstić information content (AvgIpc) is 3.75. The monoisotopic (exact) mass is 510 g/mol. The molecule has 3 aliphatic rings. The average molecular weight is 511 g/mol. The summed E-state index contributed by atoms with van der Waals surface area (Å²) in [5.41, 5.74) is 2.10. The van der Waals surface area contributed by atoms with Crippen LogP contribution in [-0.2, 0) is 30.6 Å². The summed E-state index contributed by atoms with van der Waals surface area (Å²) in [6.07, 6.45) is 6.78. The maximum atomic E-state index is 13.5. The quantitative estimate of drug-likeness (QED) is 0.494. The minimum absolute atomic E-state index is 0.0957. The highest BCUT2D eigenvalue weighted by atomic mass is 32.2. The largest absolute Gasteiger partial charge is 0.481 e. The van der Waals surface area contributed by atoms with Gasteiger partial charge < -0.3 is 10.4 Å². The predicted molar refractivity (Wildman–Crippen MR) is 133 cm³/mol. The van der Waals surface area contributed by atoms with Gasteiger partial charge in [0.25, 0.3) is 0 Å². The second-order valence-electron chi connectivity index (χ2n) is 10.4. The zero-order chi connectivity index (χ0) is 25.4. The standard InChI is InChI=1S/C27H30N2O6S/c30-20-6-1-16(11-20)12-23(27(33)29-25-10-2-17(15-28-25)13-26(31)32)19-5-9-24(22(14-19)18-3-4-18)36(34,35)21-7-8-21/h2,5,9-10,14-16,18,21,23H,1,3-4,6-8,11-13H2,(H,31,32)(H,28,29,33)/t16-,23+/m0/s1. The molecule has 190 valence electrons. The van der Waals surface area contributed by atoms with Gasteiger partial charge >= 0.3 is 5.97 Å². The number of anilines is 1. The van der Waals surface area contributed by atoms with Crippen LogP contribution in [0.4, 0.5) is 5.82 Å². The first-order chi connectivity index (χ1) is 17.2. The van der Waals surface area contributed by atoms with Gasteiger partial charge in [0.05, 0.1) is 22.5 Å². The number of carbonyl (C=O) groups is 3. The Morgan fingerprint density at radius 1 is 1.08 bits per heavy atom. The summed E-state index contributed by atoms with van der Waals surface area (Å²) in [4.78, 5) is 40.9. The number of nitrogens with zero attached hydrogens (tertiary/aromatic N) is 1. The SMILES string of the molecule is O=C(O)Cc1ccc(NC(=O)[C@H](C[C@H]2CCC(=O)C2)c2ccc(S(=O)(=O)C3CC3)c(C3CC3)c2)nc1. The molecule has 36 heavy (non-hydrogen) atoms. The number of rotatable bonds is 10. The van der Waals surface area contributed by atoms with Crippen molar-refractivity contribution in [2.45, 2.75) is 79.8 Å². The molecule has 1 amide bonds. The Morgan fingerprint density at radius 2 is 1.86 bits per heavy atom. The van der Waals surface area contributed by atoms with Crippen LogP contribution in [0.3, 0.4) is 0 Å². The van der Waals surface area contributed by atoms with Gasteiger partial charge in [0.2, 0.25) is 5.91 Å². The van der Waals surface area contributed by atoms with Crippen molar-refractivity contribution < 1.29 is 27.9 Å². The smallest absolute Gasteiger partial charge is 0.307 e. The van der Waals surface area contributed by atoms with Crippen LogP contribution in [0.1, 0.15) is 79.9 Å². The number of carboxylic acid groups (broad SMARTS) is 1. The second-order valence-corrected chi connectivity index (χ2v) is 12.6. The first kappa shape index (κ1) is 24.6. The first-order valence-electron chi connectivity index (χ1n) is 12.6. The van der Waals surface area contributed by atoms with E-state index in [1.807, 2.05) is 6.07 Å². The van der Waals surface area contributed by atoms with Crippen LogP contribution in [-0.4, -0.2) is 41.4 Å². The maximum absolute atomic E-state index is 13.5. The number of pyridine rings is 1. The molecule has 0 bridgehead atoms. The number of sulfone groups is 1. The molecule has 9 heteroatoms. The lowest BCUT2D eigenvalue weighted by atomic mass is 9.86. The van der Waals surface area contributed by atoms with Crippen LogP contribution < -0.4 is 5.32 Å². The van der Waals surface area contributed by atoms with Crippen molar-refractivity contribution in [3.63, 3.8) is 0 Å². The molecule has 2 atom stereocenters. The molecule has 1 aromatic carbocycles. The van der Waals surface area contributed by atoms with Crippen molar-refractivity contribution in [1.82, 2.24) is 4.98 Å². The van der Waals surface area contributed by atoms with Gasteiger partial charge in [-0.1, -0.05) is 18.2 Å². The lowest BCUT2D eigenvalue weighted by Gasteiger charge is -2.22. The van der Waals surface area contributed by atoms with Crippen molar-refractivity contribution in [2.24, 2.45) is 5.92 Å². The molecular weight excluding hydrogens is 480 g/mol. The summed E-state index contributed by atoms with van der Waals surface area (Å²) in [7, 11) is -3.35. The Bertz CT molecular complexity index is 1300. The van der Waals surface area contributed by atoms with E-state index in [1.165, 1.54) is 6.20 Å². The van der Waals surface area contributed by atoms with Crippen LogP contribution in [0.2, 0.25) is 0 Å². The van der Waals surface area contributed by atoms with Crippen LogP contribution >= 0.6 is 0 Å². The molecule has 5 rings (SSSR count). The molecule has 3 fully saturated rings. The third-order valence-corrected chi connectivity index (χ3v) is 9.72. The van der Waals surface area contributed by atoms with Crippen molar-refractivity contribution >= 4 is 33.3 Å². The van der Waals surface area contributed by atoms with Gasteiger partial charge in [0.1, 0.15) is 11.6 Å². The summed E-state index contributed by atoms with van der Waals surface area (Å²) in [6.45, 7) is 0. The predicted octanol–water partition coefficient (Wildman–Crippen LogP) is 4.00. The van der Waals surface area contributed by atoms with Crippen molar-refractivity contribution in [3.8, 4) is 0 Å². The highest BCUT2D eigenvalue weighted by molar-refractivity contribution is 7.92. The van der Waals surface area contributed by atoms with Gasteiger partial charge in [-0.05, 0) is 79.2 Å². The van der Waals surface area contributed by atoms with Gasteiger partial charge in [-0.2, -0.15) is 0 Å². The van der Waals surface area contributed by atoms with Crippen LogP contribution in [0.15, 0.2) is 41.4 Å². The number of hydrogen-bond acceptors (Lipinski definition) is 6. The van der Waals surface area contributed by atoms with E-state index in [4.69, 9.17) is 5.11 Å². The summed E-state index contributed by atoms with van der Waals surface area (Å²) < 4.78 is 26.1. The number of aliphatic carboxylic acids is 1. The fourth-order valence-corrected chi connectivity index (χ4v) is 7.05. The fourth-order valence-electron chi connectivity index (χ4n) is 5.13. The Morgan fingerprint density at radius 3 is 2.44 bits per heavy atom. The molecule has 3 aliphatic carbocycles. The van der Waals surface area contributed by atoms with Crippen LogP contribution in [0.5, 0.6) is 0 Å². The van der Waals surface area contributed by atoms with Crippen LogP contribution in [0, 0.1) is 5.92 Å². The summed E-state index contributed by atoms with van der Waals surface area (Å²) >= 11 is 0. The Kier molecular flexibility index (Phi) is 6.68. The van der Waals surface area contributed by atoms with Crippen molar-refractivity contribution in [2.75, 3.05) is 5.32 Å². The third kappa shape index (κ3) is 5.51. The fraction of sp³-hybridized carbons (Fsp3) is 0.481. The van der Waals surface area contributed by atoms with Gasteiger partial charge in [-0.3, -0.25) is 14.4 Å². The van der Waals surface area contributed by atoms with Crippen molar-refractivity contribution in [3.05, 3.63) is 53.2 Å². The molecule has 0 aliphatic heterocycles. The molecule has 3 saturated carbocycles. The lowest BCUT2D eigenvalue weighted by molar-refractivity contribution is -0.136. The number of benzene rings is 1. The molecule has 1 aromatic heterocycles. The molecule has 0 unspecified atom stereocenters. The summed E-state index contributed by atoms with van der Waals surface area (Å²) in [5, 5.41) is 11.5. The van der Waals surface area contributed by atoms with E-state index in [0.29, 0.717) is 48.4 Å². The number of amides is 1. The van der Waals surface area contributed by atoms with E-state index in [9.17, 15) is 22.8 Å². The van der Waals surface area contributed by atoms with Gasteiger partial charge in [-0.15, -0.1) is 0 Å². The summed E-state index contributed by atoms with van der Waals surface area (Å²) in [6, 6.07) is 8.52. The van der Waals surface area contributed by atoms with E-state index in [2.05, 4.69) is 10.3 Å². The van der Waals surface area contributed by atoms with Crippen LogP contribution in [0.25, 0.3) is 0 Å². The Hall–Kier alpha value is -3.07. The Labute approximate surface area is 210 Å². The number of carboxylic acids is 1. The number of Topliss-reactive ketones (excluding diaryl/α,β-unsaturated/α-hetero) is 1. The normalized spacial score (nSPS) is 20.8. The molecule has 2 N–H and O–H groups in total. The number of hydrogen-bond donors (Lipinski definition) is 2. The van der Waals surface area contributed by atoms with E-state index in [1.54, 1.807) is 24.3 Å². The Balaban J connectivity index is 1.43. The zero-order valence-corrected chi connectivity index (χ0v) is 20.8. The minimum Gasteiger partial charge on any atom is -0.481 e. The molecule has 0 spiro atoms. The van der Waals surface area contributed by atoms with E-state index < -0.39 is 21.7 Å². The molecule has 0 radical (unpaired) electrons. The van der Waals surface area contributed by atoms with Gasteiger partial charge in [0.15, 0.2) is 9.84 Å². The molecule has 8 nitrogen and oxygen atoms in total. The second kappa shape index (κ2) is 9.76. The highest BCUT2D eigenvalue weighted by Crippen LogP contribution is 2.47. The number of aromatic nitrogens is 1. The topological polar surface area (TPSA) is 130 Å². The zero-order valence-electron chi connectivity index (χ0n) is 20.0. The number of carbonyl (C=O) groups excluding carboxylic acids is 2. The van der Waals surface area contributed by atoms with E-state index in [0.717, 1.165) is 30.4 Å². The maximum Gasteiger partial charge on any atom is 0.307 e. The number of ketones is 1. The molecule has 2 aromatic rings. The number of nitrogens with one attached hydrogen (secondary N) is 1. The van der Waals surface area contributed by atoms with E-state index >= 15 is 0 Å². The molecule has 1 heterocycles. The molecule has 0 saturated heterocycles.